The highest BCUT2D eigenvalue weighted by Crippen LogP contribution is 2.28. The Labute approximate surface area is 172 Å². The standard InChI is InChI=1S/C22H22F2N4O2/c1-14-11-18(24)5-6-19(14)25-20(29)13-28-9-7-15(8-10-28)22-26-21(27-30-22)16-3-2-4-17(23)12-16/h2-6,11-12,15H,7-10,13H2,1H3,(H,25,29). The first-order chi connectivity index (χ1) is 14.5. The monoisotopic (exact) mass is 412 g/mol. The molecule has 156 valence electrons. The molecular formula is C22H22F2N4O2. The van der Waals surface area contributed by atoms with Crippen LogP contribution in [0.4, 0.5) is 14.5 Å². The number of rotatable bonds is 5. The van der Waals surface area contributed by atoms with Crippen LogP contribution in [0.1, 0.15) is 30.2 Å². The van der Waals surface area contributed by atoms with E-state index in [1.807, 2.05) is 0 Å². The zero-order chi connectivity index (χ0) is 21.1. The van der Waals surface area contributed by atoms with Crippen molar-refractivity contribution in [2.24, 2.45) is 0 Å². The Balaban J connectivity index is 1.30. The van der Waals surface area contributed by atoms with Gasteiger partial charge in [0.15, 0.2) is 0 Å². The Morgan fingerprint density at radius 3 is 2.67 bits per heavy atom. The molecule has 8 heteroatoms. The summed E-state index contributed by atoms with van der Waals surface area (Å²) in [6, 6.07) is 10.4. The summed E-state index contributed by atoms with van der Waals surface area (Å²) in [4.78, 5) is 18.8. The fourth-order valence-corrected chi connectivity index (χ4v) is 3.64. The molecule has 1 aromatic heterocycles. The van der Waals surface area contributed by atoms with Gasteiger partial charge in [0.1, 0.15) is 11.6 Å². The molecule has 0 unspecified atom stereocenters. The highest BCUT2D eigenvalue weighted by Gasteiger charge is 2.26. The molecule has 2 heterocycles. The summed E-state index contributed by atoms with van der Waals surface area (Å²) in [5.41, 5.74) is 1.88. The van der Waals surface area contributed by atoms with Crippen LogP contribution in [0.2, 0.25) is 0 Å². The summed E-state index contributed by atoms with van der Waals surface area (Å²) in [6.45, 7) is 3.46. The Bertz CT molecular complexity index is 1050. The number of piperidine rings is 1. The molecule has 3 aromatic rings. The smallest absolute Gasteiger partial charge is 0.238 e. The van der Waals surface area contributed by atoms with E-state index >= 15 is 0 Å². The predicted molar refractivity (Wildman–Crippen MR) is 108 cm³/mol. The topological polar surface area (TPSA) is 71.3 Å². The van der Waals surface area contributed by atoms with Crippen molar-refractivity contribution in [1.29, 1.82) is 0 Å². The van der Waals surface area contributed by atoms with Crippen molar-refractivity contribution in [3.8, 4) is 11.4 Å². The first kappa shape index (κ1) is 20.2. The molecule has 1 amide bonds. The number of aromatic nitrogens is 2. The van der Waals surface area contributed by atoms with Gasteiger partial charge in [-0.2, -0.15) is 4.98 Å². The average Bonchev–Trinajstić information content (AvgIpc) is 3.21. The maximum atomic E-state index is 13.4. The minimum Gasteiger partial charge on any atom is -0.339 e. The highest BCUT2D eigenvalue weighted by atomic mass is 19.1. The first-order valence-electron chi connectivity index (χ1n) is 9.86. The number of anilines is 1. The van der Waals surface area contributed by atoms with E-state index in [-0.39, 0.29) is 30.0 Å². The third-order valence-corrected chi connectivity index (χ3v) is 5.29. The average molecular weight is 412 g/mol. The maximum Gasteiger partial charge on any atom is 0.238 e. The van der Waals surface area contributed by atoms with Crippen molar-refractivity contribution in [3.63, 3.8) is 0 Å². The van der Waals surface area contributed by atoms with Crippen molar-refractivity contribution in [2.45, 2.75) is 25.7 Å². The van der Waals surface area contributed by atoms with E-state index in [1.165, 1.54) is 24.3 Å². The normalized spacial score (nSPS) is 15.3. The zero-order valence-corrected chi connectivity index (χ0v) is 16.6. The molecule has 0 atom stereocenters. The van der Waals surface area contributed by atoms with E-state index < -0.39 is 0 Å². The second kappa shape index (κ2) is 8.71. The van der Waals surface area contributed by atoms with Crippen LogP contribution < -0.4 is 5.32 Å². The molecule has 0 bridgehead atoms. The summed E-state index contributed by atoms with van der Waals surface area (Å²) in [5.74, 6) is 0.226. The molecule has 0 spiro atoms. The van der Waals surface area contributed by atoms with Gasteiger partial charge in [0.2, 0.25) is 17.6 Å². The number of likely N-dealkylation sites (tertiary alicyclic amines) is 1. The lowest BCUT2D eigenvalue weighted by Gasteiger charge is -2.29. The summed E-state index contributed by atoms with van der Waals surface area (Å²) >= 11 is 0. The Morgan fingerprint density at radius 1 is 1.17 bits per heavy atom. The fourth-order valence-electron chi connectivity index (χ4n) is 3.64. The molecule has 4 rings (SSSR count). The molecule has 1 aliphatic heterocycles. The molecule has 0 aliphatic carbocycles. The van der Waals surface area contributed by atoms with Gasteiger partial charge in [-0.05, 0) is 68.8 Å². The van der Waals surface area contributed by atoms with Crippen LogP contribution in [0.25, 0.3) is 11.4 Å². The molecule has 1 fully saturated rings. The van der Waals surface area contributed by atoms with E-state index in [9.17, 15) is 13.6 Å². The molecule has 30 heavy (non-hydrogen) atoms. The number of benzene rings is 2. The minimum atomic E-state index is -0.346. The molecule has 1 N–H and O–H groups in total. The van der Waals surface area contributed by atoms with E-state index in [0.717, 1.165) is 25.9 Å². The summed E-state index contributed by atoms with van der Waals surface area (Å²) in [7, 11) is 0. The largest absolute Gasteiger partial charge is 0.339 e. The van der Waals surface area contributed by atoms with Crippen LogP contribution in [-0.4, -0.2) is 40.6 Å². The van der Waals surface area contributed by atoms with Crippen LogP contribution in [0.15, 0.2) is 47.0 Å². The number of carbonyl (C=O) groups is 1. The highest BCUT2D eigenvalue weighted by molar-refractivity contribution is 5.92. The van der Waals surface area contributed by atoms with E-state index in [1.54, 1.807) is 25.1 Å². The summed E-state index contributed by atoms with van der Waals surface area (Å²) < 4.78 is 32.0. The molecule has 2 aromatic carbocycles. The number of hydrogen-bond acceptors (Lipinski definition) is 5. The number of carbonyl (C=O) groups excluding carboxylic acids is 1. The van der Waals surface area contributed by atoms with Gasteiger partial charge in [-0.1, -0.05) is 17.3 Å². The summed E-state index contributed by atoms with van der Waals surface area (Å²) in [6.07, 6.45) is 1.57. The number of nitrogens with one attached hydrogen (secondary N) is 1. The second-order valence-electron chi connectivity index (χ2n) is 7.52. The van der Waals surface area contributed by atoms with E-state index in [2.05, 4.69) is 20.4 Å². The van der Waals surface area contributed by atoms with Crippen LogP contribution >= 0.6 is 0 Å². The van der Waals surface area contributed by atoms with Crippen molar-refractivity contribution in [2.75, 3.05) is 25.0 Å². The van der Waals surface area contributed by atoms with Gasteiger partial charge in [-0.15, -0.1) is 0 Å². The van der Waals surface area contributed by atoms with Gasteiger partial charge < -0.3 is 9.84 Å². The lowest BCUT2D eigenvalue weighted by atomic mass is 9.97. The second-order valence-corrected chi connectivity index (χ2v) is 7.52. The maximum absolute atomic E-state index is 13.4. The molecule has 0 radical (unpaired) electrons. The van der Waals surface area contributed by atoms with Gasteiger partial charge in [0, 0.05) is 17.2 Å². The van der Waals surface area contributed by atoms with Crippen molar-refractivity contribution < 1.29 is 18.1 Å². The zero-order valence-electron chi connectivity index (χ0n) is 16.6. The molecule has 6 nitrogen and oxygen atoms in total. The summed E-state index contributed by atoms with van der Waals surface area (Å²) in [5, 5.41) is 6.81. The Hall–Kier alpha value is -3.13. The lowest BCUT2D eigenvalue weighted by molar-refractivity contribution is -0.117. The SMILES string of the molecule is Cc1cc(F)ccc1NC(=O)CN1CCC(c2nc(-c3cccc(F)c3)no2)CC1. The minimum absolute atomic E-state index is 0.110. The molecule has 0 saturated carbocycles. The quantitative estimate of drug-likeness (QED) is 0.682. The number of hydrogen-bond donors (Lipinski definition) is 1. The first-order valence-corrected chi connectivity index (χ1v) is 9.86. The fraction of sp³-hybridized carbons (Fsp3) is 0.318. The molecule has 1 aliphatic rings. The van der Waals surface area contributed by atoms with Crippen molar-refractivity contribution >= 4 is 11.6 Å². The molecule has 1 saturated heterocycles. The molecular weight excluding hydrogens is 390 g/mol. The van der Waals surface area contributed by atoms with Gasteiger partial charge in [-0.3, -0.25) is 9.69 Å². The Kier molecular flexibility index (Phi) is 5.85. The number of aryl methyl sites for hydroxylation is 1. The number of halogens is 2. The van der Waals surface area contributed by atoms with Gasteiger partial charge in [-0.25, -0.2) is 8.78 Å². The number of amides is 1. The predicted octanol–water partition coefficient (Wildman–Crippen LogP) is 4.14. The van der Waals surface area contributed by atoms with Crippen LogP contribution in [-0.2, 0) is 4.79 Å². The van der Waals surface area contributed by atoms with Gasteiger partial charge in [0.25, 0.3) is 0 Å². The van der Waals surface area contributed by atoms with Crippen LogP contribution in [0, 0.1) is 18.6 Å². The van der Waals surface area contributed by atoms with Gasteiger partial charge in [0.05, 0.1) is 6.54 Å². The third kappa shape index (κ3) is 4.71. The lowest BCUT2D eigenvalue weighted by Crippen LogP contribution is -2.38. The van der Waals surface area contributed by atoms with Crippen molar-refractivity contribution in [1.82, 2.24) is 15.0 Å². The van der Waals surface area contributed by atoms with Gasteiger partial charge >= 0.3 is 0 Å². The number of nitrogens with zero attached hydrogens (tertiary/aromatic N) is 3. The van der Waals surface area contributed by atoms with Crippen molar-refractivity contribution in [3.05, 3.63) is 65.6 Å². The van der Waals surface area contributed by atoms with Crippen LogP contribution in [0.3, 0.4) is 0 Å². The Morgan fingerprint density at radius 2 is 1.93 bits per heavy atom. The van der Waals surface area contributed by atoms with E-state index in [0.29, 0.717) is 28.5 Å². The van der Waals surface area contributed by atoms with Crippen LogP contribution in [0.5, 0.6) is 0 Å². The van der Waals surface area contributed by atoms with E-state index in [4.69, 9.17) is 4.52 Å². The third-order valence-electron chi connectivity index (χ3n) is 5.29.